The molecule has 0 bridgehead atoms. The van der Waals surface area contributed by atoms with Crippen molar-refractivity contribution in [3.63, 3.8) is 0 Å². The highest BCUT2D eigenvalue weighted by Crippen LogP contribution is 2.40. The monoisotopic (exact) mass is 603 g/mol. The third-order valence-electron chi connectivity index (χ3n) is 7.99. The van der Waals surface area contributed by atoms with E-state index in [0.29, 0.717) is 29.7 Å². The van der Waals surface area contributed by atoms with Gasteiger partial charge in [0.25, 0.3) is 14.2 Å². The van der Waals surface area contributed by atoms with Gasteiger partial charge in [0.05, 0.1) is 29.9 Å². The van der Waals surface area contributed by atoms with E-state index in [9.17, 15) is 4.79 Å². The lowest BCUT2D eigenvalue weighted by atomic mass is 10.0. The number of rotatable bonds is 8. The van der Waals surface area contributed by atoms with Crippen LogP contribution in [0, 0.1) is 5.82 Å². The van der Waals surface area contributed by atoms with Gasteiger partial charge in [-0.3, -0.25) is 4.79 Å². The molecule has 1 saturated heterocycles. The second kappa shape index (κ2) is 12.2. The van der Waals surface area contributed by atoms with Crippen LogP contribution in [0.5, 0.6) is 0 Å². The molecule has 4 aromatic rings. The van der Waals surface area contributed by atoms with Gasteiger partial charge >= 0.3 is 0 Å². The van der Waals surface area contributed by atoms with Crippen LogP contribution in [0.25, 0.3) is 11.0 Å². The van der Waals surface area contributed by atoms with Crippen LogP contribution in [-0.2, 0) is 15.8 Å². The van der Waals surface area contributed by atoms with Crippen molar-refractivity contribution in [3.05, 3.63) is 83.8 Å². The molecule has 2 unspecified atom stereocenters. The van der Waals surface area contributed by atoms with Crippen LogP contribution < -0.4 is 20.6 Å². The molecule has 1 aliphatic heterocycles. The SMILES string of the molecule is CC(C)NC(=O)c1noc2c(F)c(N3CC(C)OC(C)C3)c(CO[Si](c3ccccc3)(c3ccccc3)C(C)(C)C)cc12. The Morgan fingerprint density at radius 1 is 1.05 bits per heavy atom. The van der Waals surface area contributed by atoms with Gasteiger partial charge in [0, 0.05) is 24.7 Å². The van der Waals surface area contributed by atoms with Gasteiger partial charge in [-0.1, -0.05) is 86.6 Å². The van der Waals surface area contributed by atoms with Crippen LogP contribution in [0.4, 0.5) is 10.1 Å². The van der Waals surface area contributed by atoms with Crippen LogP contribution in [0.15, 0.2) is 71.3 Å². The Bertz CT molecular complexity index is 1520. The molecular weight excluding hydrogens is 561 g/mol. The zero-order valence-electron chi connectivity index (χ0n) is 26.1. The molecule has 43 heavy (non-hydrogen) atoms. The van der Waals surface area contributed by atoms with E-state index in [1.165, 1.54) is 0 Å². The second-order valence-corrected chi connectivity index (χ2v) is 17.2. The van der Waals surface area contributed by atoms with Gasteiger partial charge in [0.1, 0.15) is 0 Å². The second-order valence-electron chi connectivity index (χ2n) is 12.8. The number of aromatic nitrogens is 1. The van der Waals surface area contributed by atoms with Crippen molar-refractivity contribution in [1.29, 1.82) is 0 Å². The van der Waals surface area contributed by atoms with Crippen LogP contribution in [0.3, 0.4) is 0 Å². The molecule has 1 N–H and O–H groups in total. The first-order valence-corrected chi connectivity index (χ1v) is 16.9. The fourth-order valence-electron chi connectivity index (χ4n) is 6.33. The van der Waals surface area contributed by atoms with E-state index in [4.69, 9.17) is 13.7 Å². The highest BCUT2D eigenvalue weighted by atomic mass is 28.4. The molecule has 1 fully saturated rings. The molecular formula is C34H42FN3O4Si. The quantitative estimate of drug-likeness (QED) is 0.257. The van der Waals surface area contributed by atoms with E-state index in [2.05, 4.69) is 55.5 Å². The molecule has 7 nitrogen and oxygen atoms in total. The van der Waals surface area contributed by atoms with Crippen molar-refractivity contribution in [2.45, 2.75) is 78.4 Å². The van der Waals surface area contributed by atoms with E-state index >= 15 is 4.39 Å². The number of carbonyl (C=O) groups is 1. The third-order valence-corrected chi connectivity index (χ3v) is 13.0. The summed E-state index contributed by atoms with van der Waals surface area (Å²) in [5.41, 5.74) is 1.06. The standard InChI is InChI=1S/C34H42FN3O4Si/c1-22(2)36-33(39)30-28-18-25(31(29(35)32(28)42-37-30)38-19-23(3)41-24(4)20-38)21-40-43(34(5,6)7,26-14-10-8-11-15-26)27-16-12-9-13-17-27/h8-18,22-24H,19-21H2,1-7H3,(H,36,39). The van der Waals surface area contributed by atoms with E-state index in [0.717, 1.165) is 10.4 Å². The summed E-state index contributed by atoms with van der Waals surface area (Å²) in [6.45, 7) is 15.5. The summed E-state index contributed by atoms with van der Waals surface area (Å²) >= 11 is 0. The van der Waals surface area contributed by atoms with Crippen molar-refractivity contribution in [1.82, 2.24) is 10.5 Å². The van der Waals surface area contributed by atoms with E-state index < -0.39 is 20.0 Å². The lowest BCUT2D eigenvalue weighted by Gasteiger charge is -2.43. The predicted octanol–water partition coefficient (Wildman–Crippen LogP) is 5.80. The van der Waals surface area contributed by atoms with Crippen molar-refractivity contribution in [2.24, 2.45) is 0 Å². The number of hydrogen-bond donors (Lipinski definition) is 1. The number of carbonyl (C=O) groups excluding carboxylic acids is 1. The first-order chi connectivity index (χ1) is 20.4. The molecule has 1 amide bonds. The fourth-order valence-corrected chi connectivity index (χ4v) is 10.9. The molecule has 2 atom stereocenters. The lowest BCUT2D eigenvalue weighted by Crippen LogP contribution is -2.66. The third kappa shape index (κ3) is 5.98. The molecule has 2 heterocycles. The highest BCUT2D eigenvalue weighted by molar-refractivity contribution is 6.99. The summed E-state index contributed by atoms with van der Waals surface area (Å²) in [5.74, 6) is -0.954. The molecule has 5 rings (SSSR count). The summed E-state index contributed by atoms with van der Waals surface area (Å²) in [6.07, 6.45) is -0.183. The number of fused-ring (bicyclic) bond motifs is 1. The number of halogens is 1. The highest BCUT2D eigenvalue weighted by Gasteiger charge is 2.50. The number of hydrogen-bond acceptors (Lipinski definition) is 6. The van der Waals surface area contributed by atoms with Gasteiger partial charge in [-0.25, -0.2) is 4.39 Å². The summed E-state index contributed by atoms with van der Waals surface area (Å²) in [6, 6.07) is 22.4. The number of benzene rings is 3. The van der Waals surface area contributed by atoms with Gasteiger partial charge in [-0.05, 0) is 49.2 Å². The van der Waals surface area contributed by atoms with E-state index in [1.54, 1.807) is 0 Å². The Kier molecular flexibility index (Phi) is 8.79. The fraction of sp³-hybridized carbons (Fsp3) is 0.412. The van der Waals surface area contributed by atoms with Gasteiger partial charge in [-0.2, -0.15) is 0 Å². The molecule has 0 spiro atoms. The van der Waals surface area contributed by atoms with Crippen LogP contribution >= 0.6 is 0 Å². The summed E-state index contributed by atoms with van der Waals surface area (Å²) in [4.78, 5) is 15.0. The first kappa shape index (κ1) is 30.9. The van der Waals surface area contributed by atoms with Crippen molar-refractivity contribution < 1.29 is 22.9 Å². The molecule has 0 radical (unpaired) electrons. The van der Waals surface area contributed by atoms with Crippen LogP contribution in [0.2, 0.25) is 5.04 Å². The Balaban J connectivity index is 1.69. The largest absolute Gasteiger partial charge is 0.403 e. The first-order valence-electron chi connectivity index (χ1n) is 15.0. The number of anilines is 1. The summed E-state index contributed by atoms with van der Waals surface area (Å²) < 4.78 is 35.3. The van der Waals surface area contributed by atoms with Gasteiger partial charge < -0.3 is 23.9 Å². The normalized spacial score (nSPS) is 17.9. The van der Waals surface area contributed by atoms with E-state index in [-0.39, 0.29) is 41.2 Å². The summed E-state index contributed by atoms with van der Waals surface area (Å²) in [5, 5.41) is 9.19. The molecule has 228 valence electrons. The maximum atomic E-state index is 16.6. The number of ether oxygens (including phenoxy) is 1. The molecule has 0 saturated carbocycles. The van der Waals surface area contributed by atoms with Crippen molar-refractivity contribution >= 4 is 41.3 Å². The number of nitrogens with zero attached hydrogens (tertiary/aromatic N) is 2. The molecule has 9 heteroatoms. The smallest absolute Gasteiger partial charge is 0.274 e. The molecule has 1 aromatic heterocycles. The van der Waals surface area contributed by atoms with Gasteiger partial charge in [-0.15, -0.1) is 0 Å². The molecule has 3 aromatic carbocycles. The van der Waals surface area contributed by atoms with Crippen LogP contribution in [-0.4, -0.2) is 50.7 Å². The van der Waals surface area contributed by atoms with Gasteiger partial charge in [0.15, 0.2) is 11.5 Å². The zero-order valence-corrected chi connectivity index (χ0v) is 27.1. The topological polar surface area (TPSA) is 76.8 Å². The lowest BCUT2D eigenvalue weighted by molar-refractivity contribution is -0.00549. The number of morpholine rings is 1. The Morgan fingerprint density at radius 3 is 2.12 bits per heavy atom. The average molecular weight is 604 g/mol. The van der Waals surface area contributed by atoms with Crippen molar-refractivity contribution in [3.8, 4) is 0 Å². The summed E-state index contributed by atoms with van der Waals surface area (Å²) in [7, 11) is -2.94. The van der Waals surface area contributed by atoms with E-state index in [1.807, 2.05) is 75.1 Å². The minimum absolute atomic E-state index is 0.0371. The number of nitrogens with one attached hydrogen (secondary N) is 1. The number of amides is 1. The minimum Gasteiger partial charge on any atom is -0.403 e. The van der Waals surface area contributed by atoms with Crippen molar-refractivity contribution in [2.75, 3.05) is 18.0 Å². The Labute approximate surface area is 254 Å². The zero-order chi connectivity index (χ0) is 30.9. The molecule has 1 aliphatic rings. The average Bonchev–Trinajstić information content (AvgIpc) is 3.37. The minimum atomic E-state index is -2.94. The maximum absolute atomic E-state index is 16.6. The maximum Gasteiger partial charge on any atom is 0.274 e. The predicted molar refractivity (Wildman–Crippen MR) is 171 cm³/mol. The Hall–Kier alpha value is -3.53. The Morgan fingerprint density at radius 2 is 1.60 bits per heavy atom. The van der Waals surface area contributed by atoms with Crippen LogP contribution in [0.1, 0.15) is 64.5 Å². The van der Waals surface area contributed by atoms with Gasteiger partial charge in [0.2, 0.25) is 5.58 Å². The molecule has 0 aliphatic carbocycles.